The Balaban J connectivity index is 1.82. The zero-order valence-corrected chi connectivity index (χ0v) is 17.2. The fraction of sp³-hybridized carbons (Fsp3) is 0.400. The van der Waals surface area contributed by atoms with Crippen molar-refractivity contribution in [3.63, 3.8) is 0 Å². The Kier molecular flexibility index (Phi) is 5.81. The van der Waals surface area contributed by atoms with Crippen molar-refractivity contribution in [2.75, 3.05) is 20.7 Å². The number of benzene rings is 1. The lowest BCUT2D eigenvalue weighted by molar-refractivity contribution is 0.197. The van der Waals surface area contributed by atoms with Crippen molar-refractivity contribution >= 4 is 28.0 Å². The van der Waals surface area contributed by atoms with Crippen LogP contribution in [0.4, 0.5) is 5.69 Å². The highest BCUT2D eigenvalue weighted by molar-refractivity contribution is 9.10. The van der Waals surface area contributed by atoms with Crippen molar-refractivity contribution < 1.29 is 9.47 Å². The molecule has 26 heavy (non-hydrogen) atoms. The molecule has 1 aliphatic rings. The van der Waals surface area contributed by atoms with Gasteiger partial charge in [0.15, 0.2) is 0 Å². The van der Waals surface area contributed by atoms with Crippen LogP contribution in [0.3, 0.4) is 0 Å². The first-order valence-corrected chi connectivity index (χ1v) is 9.56. The molecular weight excluding hydrogens is 394 g/mol. The first-order valence-electron chi connectivity index (χ1n) is 8.77. The molecule has 1 aromatic carbocycles. The fourth-order valence-corrected chi connectivity index (χ4v) is 3.44. The van der Waals surface area contributed by atoms with Gasteiger partial charge < -0.3 is 14.4 Å². The molecule has 0 spiro atoms. The van der Waals surface area contributed by atoms with Gasteiger partial charge in [-0.15, -0.1) is 0 Å². The summed E-state index contributed by atoms with van der Waals surface area (Å²) in [6.07, 6.45) is 3.68. The Bertz CT molecular complexity index is 823. The number of pyridine rings is 1. The van der Waals surface area contributed by atoms with Crippen LogP contribution in [0, 0.1) is 6.92 Å². The van der Waals surface area contributed by atoms with E-state index in [1.54, 1.807) is 7.11 Å². The van der Waals surface area contributed by atoms with Gasteiger partial charge in [-0.25, -0.2) is 9.98 Å². The van der Waals surface area contributed by atoms with Crippen LogP contribution in [0.5, 0.6) is 11.6 Å². The Morgan fingerprint density at radius 2 is 2.23 bits per heavy atom. The normalized spacial score (nSPS) is 16.0. The predicted molar refractivity (Wildman–Crippen MR) is 108 cm³/mol. The number of hydrogen-bond donors (Lipinski definition) is 0. The Labute approximate surface area is 163 Å². The lowest BCUT2D eigenvalue weighted by atomic mass is 10.1. The molecule has 6 heteroatoms. The van der Waals surface area contributed by atoms with Crippen LogP contribution in [0.2, 0.25) is 0 Å². The SMILES string of the molecule is CCN(C)/C=N/c1cc(Br)c(OC2CCc3c(OC)cccc32)nc1C. The number of hydrogen-bond acceptors (Lipinski definition) is 4. The summed E-state index contributed by atoms with van der Waals surface area (Å²) >= 11 is 3.58. The second-order valence-electron chi connectivity index (χ2n) is 6.37. The van der Waals surface area contributed by atoms with Gasteiger partial charge in [0.2, 0.25) is 5.88 Å². The number of aliphatic imine (C=N–C) groups is 1. The van der Waals surface area contributed by atoms with Crippen LogP contribution in [0.25, 0.3) is 0 Å². The van der Waals surface area contributed by atoms with Crippen LogP contribution in [-0.4, -0.2) is 36.9 Å². The molecule has 1 atom stereocenters. The van der Waals surface area contributed by atoms with Crippen molar-refractivity contribution in [2.24, 2.45) is 4.99 Å². The summed E-state index contributed by atoms with van der Waals surface area (Å²) in [4.78, 5) is 11.1. The molecule has 2 aromatic rings. The summed E-state index contributed by atoms with van der Waals surface area (Å²) in [5.41, 5.74) is 4.09. The summed E-state index contributed by atoms with van der Waals surface area (Å²) < 4.78 is 12.5. The summed E-state index contributed by atoms with van der Waals surface area (Å²) in [5.74, 6) is 1.53. The average molecular weight is 418 g/mol. The Morgan fingerprint density at radius 3 is 2.96 bits per heavy atom. The quantitative estimate of drug-likeness (QED) is 0.498. The van der Waals surface area contributed by atoms with Crippen molar-refractivity contribution in [3.8, 4) is 11.6 Å². The van der Waals surface area contributed by atoms with Crippen LogP contribution in [-0.2, 0) is 6.42 Å². The maximum Gasteiger partial charge on any atom is 0.228 e. The summed E-state index contributed by atoms with van der Waals surface area (Å²) in [7, 11) is 3.70. The van der Waals surface area contributed by atoms with Gasteiger partial charge in [0, 0.05) is 19.2 Å². The predicted octanol–water partition coefficient (Wildman–Crippen LogP) is 4.84. The van der Waals surface area contributed by atoms with E-state index in [-0.39, 0.29) is 6.10 Å². The molecule has 138 valence electrons. The summed E-state index contributed by atoms with van der Waals surface area (Å²) in [6.45, 7) is 4.94. The molecule has 1 aliphatic carbocycles. The highest BCUT2D eigenvalue weighted by Gasteiger charge is 2.27. The number of halogens is 1. The van der Waals surface area contributed by atoms with E-state index < -0.39 is 0 Å². The van der Waals surface area contributed by atoms with Gasteiger partial charge in [-0.1, -0.05) is 12.1 Å². The van der Waals surface area contributed by atoms with Crippen molar-refractivity contribution in [1.29, 1.82) is 0 Å². The molecule has 0 N–H and O–H groups in total. The number of nitrogens with zero attached hydrogens (tertiary/aromatic N) is 3. The van der Waals surface area contributed by atoms with E-state index in [2.05, 4.69) is 38.9 Å². The third-order valence-electron chi connectivity index (χ3n) is 4.65. The van der Waals surface area contributed by atoms with Gasteiger partial charge in [-0.05, 0) is 60.3 Å². The molecule has 1 aromatic heterocycles. The number of rotatable bonds is 6. The Hall–Kier alpha value is -2.08. The zero-order valence-electron chi connectivity index (χ0n) is 15.6. The van der Waals surface area contributed by atoms with Gasteiger partial charge in [-0.3, -0.25) is 0 Å². The van der Waals surface area contributed by atoms with Crippen LogP contribution < -0.4 is 9.47 Å². The first-order chi connectivity index (χ1) is 12.5. The van der Waals surface area contributed by atoms with Crippen LogP contribution in [0.15, 0.2) is 33.7 Å². The zero-order chi connectivity index (χ0) is 18.7. The second-order valence-corrected chi connectivity index (χ2v) is 7.23. The maximum atomic E-state index is 6.24. The second kappa shape index (κ2) is 8.08. The average Bonchev–Trinajstić information content (AvgIpc) is 3.06. The highest BCUT2D eigenvalue weighted by atomic mass is 79.9. The third kappa shape index (κ3) is 3.85. The van der Waals surface area contributed by atoms with Gasteiger partial charge in [0.05, 0.1) is 29.3 Å². The molecule has 0 amide bonds. The fourth-order valence-electron chi connectivity index (χ4n) is 3.04. The Morgan fingerprint density at radius 1 is 1.42 bits per heavy atom. The molecule has 1 heterocycles. The topological polar surface area (TPSA) is 47.0 Å². The summed E-state index contributed by atoms with van der Waals surface area (Å²) in [6, 6.07) is 8.07. The number of aryl methyl sites for hydroxylation is 1. The number of fused-ring (bicyclic) bond motifs is 1. The van der Waals surface area contributed by atoms with Crippen LogP contribution in [0.1, 0.15) is 36.3 Å². The van der Waals surface area contributed by atoms with E-state index in [9.17, 15) is 0 Å². The van der Waals surface area contributed by atoms with Crippen molar-refractivity contribution in [1.82, 2.24) is 9.88 Å². The minimum atomic E-state index is -0.0103. The van der Waals surface area contributed by atoms with Gasteiger partial charge in [0.1, 0.15) is 11.9 Å². The van der Waals surface area contributed by atoms with Gasteiger partial charge in [0.25, 0.3) is 0 Å². The molecule has 0 fully saturated rings. The number of methoxy groups -OCH3 is 1. The van der Waals surface area contributed by atoms with E-state index >= 15 is 0 Å². The third-order valence-corrected chi connectivity index (χ3v) is 5.22. The van der Waals surface area contributed by atoms with Crippen LogP contribution >= 0.6 is 15.9 Å². The summed E-state index contributed by atoms with van der Waals surface area (Å²) in [5, 5.41) is 0. The van der Waals surface area contributed by atoms with Gasteiger partial charge in [-0.2, -0.15) is 0 Å². The van der Waals surface area contributed by atoms with Gasteiger partial charge >= 0.3 is 0 Å². The van der Waals surface area contributed by atoms with E-state index in [4.69, 9.17) is 9.47 Å². The molecule has 0 radical (unpaired) electrons. The molecular formula is C20H24BrN3O2. The minimum Gasteiger partial charge on any atom is -0.496 e. The van der Waals surface area contributed by atoms with E-state index in [0.717, 1.165) is 41.0 Å². The molecule has 0 saturated heterocycles. The molecule has 0 saturated carbocycles. The first kappa shape index (κ1) is 18.7. The molecule has 3 rings (SSSR count). The number of ether oxygens (including phenoxy) is 2. The van der Waals surface area contributed by atoms with E-state index in [1.165, 1.54) is 11.1 Å². The molecule has 1 unspecified atom stereocenters. The lowest BCUT2D eigenvalue weighted by Crippen LogP contribution is -2.14. The van der Waals surface area contributed by atoms with Crippen molar-refractivity contribution in [3.05, 3.63) is 45.6 Å². The highest BCUT2D eigenvalue weighted by Crippen LogP contribution is 2.41. The maximum absolute atomic E-state index is 6.24. The number of aromatic nitrogens is 1. The minimum absolute atomic E-state index is 0.0103. The molecule has 5 nitrogen and oxygen atoms in total. The lowest BCUT2D eigenvalue weighted by Gasteiger charge is -2.17. The van der Waals surface area contributed by atoms with Crippen molar-refractivity contribution in [2.45, 2.75) is 32.8 Å². The molecule has 0 bridgehead atoms. The largest absolute Gasteiger partial charge is 0.496 e. The molecule has 0 aliphatic heterocycles. The van der Waals surface area contributed by atoms with E-state index in [1.807, 2.05) is 43.4 Å². The smallest absolute Gasteiger partial charge is 0.228 e. The monoisotopic (exact) mass is 417 g/mol. The van der Waals surface area contributed by atoms with E-state index in [0.29, 0.717) is 5.88 Å². The standard InChI is InChI=1S/C20H24BrN3O2/c1-5-24(3)12-22-17-11-16(21)20(23-13(17)2)26-19-10-9-15-14(19)7-6-8-18(15)25-4/h6-8,11-12,19H,5,9-10H2,1-4H3/b22-12+.